The predicted octanol–water partition coefficient (Wildman–Crippen LogP) is 3.53. The number of carbonyl (C=O) groups excluding carboxylic acids is 1. The monoisotopic (exact) mass is 266 g/mol. The lowest BCUT2D eigenvalue weighted by molar-refractivity contribution is 0.0535. The van der Waals surface area contributed by atoms with E-state index in [1.807, 2.05) is 6.07 Å². The van der Waals surface area contributed by atoms with Crippen molar-refractivity contribution in [3.63, 3.8) is 0 Å². The number of hydrogen-bond acceptors (Lipinski definition) is 3. The summed E-state index contributed by atoms with van der Waals surface area (Å²) >= 11 is 0. The second kappa shape index (κ2) is 3.85. The molecular weight excluding hydrogens is 252 g/mol. The first-order valence-corrected chi connectivity index (χ1v) is 6.71. The molecule has 0 saturated heterocycles. The van der Waals surface area contributed by atoms with E-state index in [2.05, 4.69) is 32.0 Å². The van der Waals surface area contributed by atoms with Crippen LogP contribution in [0.2, 0.25) is 0 Å². The number of fused-ring (bicyclic) bond motifs is 4. The van der Waals surface area contributed by atoms with Crippen LogP contribution in [0.4, 0.5) is 0 Å². The average molecular weight is 266 g/mol. The molecule has 0 amide bonds. The first-order chi connectivity index (χ1) is 9.63. The van der Waals surface area contributed by atoms with Crippen LogP contribution in [-0.4, -0.2) is 5.97 Å². The van der Waals surface area contributed by atoms with Gasteiger partial charge in [0, 0.05) is 11.1 Å². The highest BCUT2D eigenvalue weighted by Gasteiger charge is 2.27. The Hall–Kier alpha value is -2.29. The summed E-state index contributed by atoms with van der Waals surface area (Å²) in [4.78, 5) is 11.6. The van der Waals surface area contributed by atoms with Crippen molar-refractivity contribution in [2.24, 2.45) is 0 Å². The Bertz CT molecular complexity index is 759. The van der Waals surface area contributed by atoms with Gasteiger partial charge in [-0.05, 0) is 54.3 Å². The zero-order valence-electron chi connectivity index (χ0n) is 11.4. The van der Waals surface area contributed by atoms with Crippen LogP contribution in [0.1, 0.15) is 32.6 Å². The van der Waals surface area contributed by atoms with Crippen molar-refractivity contribution in [1.82, 2.24) is 0 Å². The van der Waals surface area contributed by atoms with E-state index in [1.165, 1.54) is 16.7 Å². The highest BCUT2D eigenvalue weighted by Crippen LogP contribution is 2.42. The van der Waals surface area contributed by atoms with Crippen LogP contribution in [0.15, 0.2) is 24.3 Å². The molecule has 0 atom stereocenters. The lowest BCUT2D eigenvalue weighted by Gasteiger charge is -2.23. The molecule has 0 spiro atoms. The molecule has 3 nitrogen and oxygen atoms in total. The molecule has 2 heterocycles. The SMILES string of the molecule is Cc1cc(C)c2c(c1)OCc1cc3c(cc1-2)COC3=O. The highest BCUT2D eigenvalue weighted by atomic mass is 16.5. The van der Waals surface area contributed by atoms with E-state index in [4.69, 9.17) is 9.47 Å². The summed E-state index contributed by atoms with van der Waals surface area (Å²) in [5.41, 5.74) is 7.42. The van der Waals surface area contributed by atoms with Crippen molar-refractivity contribution in [2.75, 3.05) is 0 Å². The molecule has 3 heteroatoms. The lowest BCUT2D eigenvalue weighted by Crippen LogP contribution is -2.09. The lowest BCUT2D eigenvalue weighted by atomic mass is 9.89. The van der Waals surface area contributed by atoms with Gasteiger partial charge in [0.15, 0.2) is 0 Å². The normalized spacial score (nSPS) is 15.0. The Labute approximate surface area is 117 Å². The van der Waals surface area contributed by atoms with Crippen LogP contribution >= 0.6 is 0 Å². The fraction of sp³-hybridized carbons (Fsp3) is 0.235. The van der Waals surface area contributed by atoms with Crippen LogP contribution in [0, 0.1) is 13.8 Å². The number of hydrogen-bond donors (Lipinski definition) is 0. The minimum absolute atomic E-state index is 0.228. The van der Waals surface area contributed by atoms with Crippen molar-refractivity contribution >= 4 is 5.97 Å². The summed E-state index contributed by atoms with van der Waals surface area (Å²) in [6, 6.07) is 8.23. The first kappa shape index (κ1) is 11.5. The number of benzene rings is 2. The number of carbonyl (C=O) groups is 1. The maximum atomic E-state index is 11.6. The molecule has 0 bridgehead atoms. The van der Waals surface area contributed by atoms with Crippen LogP contribution in [0.25, 0.3) is 11.1 Å². The number of rotatable bonds is 0. The third-order valence-corrected chi connectivity index (χ3v) is 4.00. The molecule has 2 aromatic carbocycles. The maximum Gasteiger partial charge on any atom is 0.338 e. The summed E-state index contributed by atoms with van der Waals surface area (Å²) in [7, 11) is 0. The van der Waals surface area contributed by atoms with Crippen molar-refractivity contribution in [3.05, 3.63) is 52.1 Å². The van der Waals surface area contributed by atoms with Crippen LogP contribution in [0.3, 0.4) is 0 Å². The minimum atomic E-state index is -0.228. The largest absolute Gasteiger partial charge is 0.488 e. The van der Waals surface area contributed by atoms with E-state index in [9.17, 15) is 4.79 Å². The molecule has 2 aromatic rings. The first-order valence-electron chi connectivity index (χ1n) is 6.71. The number of aryl methyl sites for hydroxylation is 2. The third-order valence-electron chi connectivity index (χ3n) is 4.00. The van der Waals surface area contributed by atoms with Crippen molar-refractivity contribution < 1.29 is 14.3 Å². The van der Waals surface area contributed by atoms with Crippen LogP contribution in [-0.2, 0) is 18.0 Å². The van der Waals surface area contributed by atoms with Gasteiger partial charge in [-0.3, -0.25) is 0 Å². The fourth-order valence-corrected chi connectivity index (χ4v) is 3.12. The van der Waals surface area contributed by atoms with Gasteiger partial charge in [-0.15, -0.1) is 0 Å². The molecule has 0 radical (unpaired) electrons. The number of esters is 1. The second-order valence-electron chi connectivity index (χ2n) is 5.49. The highest BCUT2D eigenvalue weighted by molar-refractivity contribution is 5.95. The molecule has 0 aromatic heterocycles. The van der Waals surface area contributed by atoms with Gasteiger partial charge in [0.2, 0.25) is 0 Å². The van der Waals surface area contributed by atoms with Gasteiger partial charge in [0.05, 0.1) is 5.56 Å². The van der Waals surface area contributed by atoms with Gasteiger partial charge in [0.25, 0.3) is 0 Å². The fourth-order valence-electron chi connectivity index (χ4n) is 3.12. The summed E-state index contributed by atoms with van der Waals surface area (Å²) in [5, 5.41) is 0. The van der Waals surface area contributed by atoms with E-state index in [1.54, 1.807) is 0 Å². The zero-order chi connectivity index (χ0) is 13.9. The Morgan fingerprint density at radius 2 is 1.60 bits per heavy atom. The standard InChI is InChI=1S/C17H14O3/c1-9-3-10(2)16-13-5-12-8-20-17(18)14(12)6-11(13)7-19-15(16)4-9/h3-6H,7-8H2,1-2H3. The zero-order valence-corrected chi connectivity index (χ0v) is 11.4. The van der Waals surface area contributed by atoms with Crippen LogP contribution in [0.5, 0.6) is 5.75 Å². The Morgan fingerprint density at radius 3 is 2.45 bits per heavy atom. The molecule has 0 aliphatic carbocycles. The quantitative estimate of drug-likeness (QED) is 0.684. The van der Waals surface area contributed by atoms with Gasteiger partial charge < -0.3 is 9.47 Å². The van der Waals surface area contributed by atoms with Gasteiger partial charge in [-0.25, -0.2) is 4.79 Å². The Kier molecular flexibility index (Phi) is 2.22. The minimum Gasteiger partial charge on any atom is -0.488 e. The molecule has 4 rings (SSSR count). The van der Waals surface area contributed by atoms with Gasteiger partial charge in [-0.2, -0.15) is 0 Å². The van der Waals surface area contributed by atoms with Crippen molar-refractivity contribution in [1.29, 1.82) is 0 Å². The van der Waals surface area contributed by atoms with E-state index in [-0.39, 0.29) is 5.97 Å². The van der Waals surface area contributed by atoms with Gasteiger partial charge in [0.1, 0.15) is 19.0 Å². The van der Waals surface area contributed by atoms with E-state index >= 15 is 0 Å². The molecule has 2 aliphatic rings. The van der Waals surface area contributed by atoms with Gasteiger partial charge >= 0.3 is 5.97 Å². The molecule has 0 fully saturated rings. The third kappa shape index (κ3) is 1.49. The molecule has 0 N–H and O–H groups in total. The predicted molar refractivity (Wildman–Crippen MR) is 74.8 cm³/mol. The van der Waals surface area contributed by atoms with E-state index in [0.717, 1.165) is 22.4 Å². The topological polar surface area (TPSA) is 35.5 Å². The Balaban J connectivity index is 1.99. The summed E-state index contributed by atoms with van der Waals surface area (Å²) in [6.07, 6.45) is 0. The smallest absolute Gasteiger partial charge is 0.338 e. The molecule has 20 heavy (non-hydrogen) atoms. The molecule has 100 valence electrons. The van der Waals surface area contributed by atoms with Gasteiger partial charge in [-0.1, -0.05) is 6.07 Å². The van der Waals surface area contributed by atoms with E-state index < -0.39 is 0 Å². The van der Waals surface area contributed by atoms with E-state index in [0.29, 0.717) is 18.8 Å². The summed E-state index contributed by atoms with van der Waals surface area (Å²) in [5.74, 6) is 0.703. The molecule has 0 unspecified atom stereocenters. The molecular formula is C17H14O3. The van der Waals surface area contributed by atoms with Crippen molar-refractivity contribution in [3.8, 4) is 16.9 Å². The number of cyclic esters (lactones) is 1. The Morgan fingerprint density at radius 1 is 0.900 bits per heavy atom. The average Bonchev–Trinajstić information content (AvgIpc) is 2.77. The number of ether oxygens (including phenoxy) is 2. The maximum absolute atomic E-state index is 11.6. The molecule has 0 saturated carbocycles. The summed E-state index contributed by atoms with van der Waals surface area (Å²) < 4.78 is 11.0. The van der Waals surface area contributed by atoms with Crippen molar-refractivity contribution in [2.45, 2.75) is 27.1 Å². The molecule has 2 aliphatic heterocycles. The van der Waals surface area contributed by atoms with Crippen LogP contribution < -0.4 is 4.74 Å². The summed E-state index contributed by atoms with van der Waals surface area (Å²) in [6.45, 7) is 5.05. The second-order valence-corrected chi connectivity index (χ2v) is 5.49.